The average molecular weight is 288 g/mol. The van der Waals surface area contributed by atoms with Crippen molar-refractivity contribution in [1.29, 1.82) is 5.26 Å². The zero-order chi connectivity index (χ0) is 14.7. The van der Waals surface area contributed by atoms with E-state index in [1.54, 1.807) is 0 Å². The van der Waals surface area contributed by atoms with E-state index in [-0.39, 0.29) is 5.41 Å². The number of carbonyl (C=O) groups is 1. The standard InChI is InChI=1S/C17H24N2O2/c1-16-5-12-4-13(6-16)8-17(7-12,11-16)15(20)19-2-3-21-14(9-18)10-19/h12-14H,2-8,10-11H2,1H3. The van der Waals surface area contributed by atoms with Gasteiger partial charge in [-0.25, -0.2) is 0 Å². The number of hydrogen-bond acceptors (Lipinski definition) is 3. The van der Waals surface area contributed by atoms with Gasteiger partial charge in [0, 0.05) is 6.54 Å². The molecular weight excluding hydrogens is 264 g/mol. The molecule has 4 aliphatic carbocycles. The molecule has 0 aromatic heterocycles. The van der Waals surface area contributed by atoms with Crippen molar-refractivity contribution >= 4 is 5.91 Å². The molecule has 21 heavy (non-hydrogen) atoms. The Bertz CT molecular complexity index is 495. The zero-order valence-corrected chi connectivity index (χ0v) is 12.8. The quantitative estimate of drug-likeness (QED) is 0.744. The Morgan fingerprint density at radius 3 is 2.62 bits per heavy atom. The molecular formula is C17H24N2O2. The molecule has 5 rings (SSSR count). The number of nitriles is 1. The summed E-state index contributed by atoms with van der Waals surface area (Å²) in [6.07, 6.45) is 6.80. The molecule has 0 spiro atoms. The smallest absolute Gasteiger partial charge is 0.229 e. The molecule has 114 valence electrons. The van der Waals surface area contributed by atoms with Crippen molar-refractivity contribution in [2.24, 2.45) is 22.7 Å². The van der Waals surface area contributed by atoms with Gasteiger partial charge in [0.25, 0.3) is 0 Å². The molecule has 5 aliphatic rings. The van der Waals surface area contributed by atoms with Gasteiger partial charge in [-0.05, 0) is 55.8 Å². The SMILES string of the molecule is CC12CC3CC(C1)CC(C(=O)N1CCOC(C#N)C1)(C3)C2. The van der Waals surface area contributed by atoms with Crippen molar-refractivity contribution in [2.45, 2.75) is 51.6 Å². The highest BCUT2D eigenvalue weighted by atomic mass is 16.5. The summed E-state index contributed by atoms with van der Waals surface area (Å²) in [6.45, 7) is 4.02. The number of morpholine rings is 1. The van der Waals surface area contributed by atoms with E-state index in [2.05, 4.69) is 13.0 Å². The van der Waals surface area contributed by atoms with Crippen molar-refractivity contribution in [3.8, 4) is 6.07 Å². The molecule has 1 amide bonds. The Kier molecular flexibility index (Phi) is 2.88. The fraction of sp³-hybridized carbons (Fsp3) is 0.882. The summed E-state index contributed by atoms with van der Waals surface area (Å²) in [4.78, 5) is 15.1. The van der Waals surface area contributed by atoms with Crippen LogP contribution in [0, 0.1) is 34.0 Å². The molecule has 1 heterocycles. The summed E-state index contributed by atoms with van der Waals surface area (Å²) < 4.78 is 5.39. The van der Waals surface area contributed by atoms with Gasteiger partial charge >= 0.3 is 0 Å². The van der Waals surface area contributed by atoms with Crippen LogP contribution in [0.3, 0.4) is 0 Å². The van der Waals surface area contributed by atoms with Gasteiger partial charge in [-0.2, -0.15) is 5.26 Å². The van der Waals surface area contributed by atoms with Crippen LogP contribution in [0.5, 0.6) is 0 Å². The van der Waals surface area contributed by atoms with Gasteiger partial charge in [0.2, 0.25) is 5.91 Å². The average Bonchev–Trinajstić information content (AvgIpc) is 2.44. The zero-order valence-electron chi connectivity index (χ0n) is 12.8. The second-order valence-corrected chi connectivity index (χ2v) is 8.29. The minimum Gasteiger partial charge on any atom is -0.360 e. The number of carbonyl (C=O) groups excluding carboxylic acids is 1. The molecule has 0 aromatic rings. The van der Waals surface area contributed by atoms with E-state index in [0.717, 1.165) is 31.1 Å². The van der Waals surface area contributed by atoms with Gasteiger partial charge in [0.1, 0.15) is 0 Å². The van der Waals surface area contributed by atoms with Crippen LogP contribution < -0.4 is 0 Å². The summed E-state index contributed by atoms with van der Waals surface area (Å²) in [7, 11) is 0. The Balaban J connectivity index is 1.58. The van der Waals surface area contributed by atoms with E-state index in [1.807, 2.05) is 4.90 Å². The van der Waals surface area contributed by atoms with Gasteiger partial charge in [-0.1, -0.05) is 6.92 Å². The summed E-state index contributed by atoms with van der Waals surface area (Å²) in [5.41, 5.74) is 0.275. The molecule has 3 atom stereocenters. The molecule has 0 radical (unpaired) electrons. The molecule has 1 saturated heterocycles. The molecule has 5 fully saturated rings. The van der Waals surface area contributed by atoms with E-state index in [1.165, 1.54) is 19.3 Å². The lowest BCUT2D eigenvalue weighted by molar-refractivity contribution is -0.170. The summed E-state index contributed by atoms with van der Waals surface area (Å²) >= 11 is 0. The van der Waals surface area contributed by atoms with Crippen molar-refractivity contribution in [3.63, 3.8) is 0 Å². The lowest BCUT2D eigenvalue weighted by atomic mass is 9.44. The molecule has 1 aliphatic heterocycles. The molecule has 4 bridgehead atoms. The van der Waals surface area contributed by atoms with E-state index in [0.29, 0.717) is 31.0 Å². The van der Waals surface area contributed by atoms with E-state index in [4.69, 9.17) is 10.00 Å². The second kappa shape index (κ2) is 4.46. The summed E-state index contributed by atoms with van der Waals surface area (Å²) in [6, 6.07) is 2.15. The van der Waals surface area contributed by atoms with Crippen LogP contribution in [0.1, 0.15) is 45.4 Å². The predicted molar refractivity (Wildman–Crippen MR) is 77.2 cm³/mol. The number of amides is 1. The molecule has 4 saturated carbocycles. The molecule has 4 nitrogen and oxygen atoms in total. The van der Waals surface area contributed by atoms with Gasteiger partial charge in [0.05, 0.1) is 24.6 Å². The minimum atomic E-state index is -0.438. The first kappa shape index (κ1) is 13.6. The monoisotopic (exact) mass is 288 g/mol. The Hall–Kier alpha value is -1.08. The van der Waals surface area contributed by atoms with Crippen LogP contribution in [-0.2, 0) is 9.53 Å². The van der Waals surface area contributed by atoms with Crippen LogP contribution in [0.2, 0.25) is 0 Å². The van der Waals surface area contributed by atoms with Crippen LogP contribution >= 0.6 is 0 Å². The van der Waals surface area contributed by atoms with Gasteiger partial charge < -0.3 is 9.64 Å². The summed E-state index contributed by atoms with van der Waals surface area (Å²) in [5.74, 6) is 1.84. The highest BCUT2D eigenvalue weighted by molar-refractivity contribution is 5.83. The van der Waals surface area contributed by atoms with Crippen molar-refractivity contribution < 1.29 is 9.53 Å². The van der Waals surface area contributed by atoms with Gasteiger partial charge in [0.15, 0.2) is 6.10 Å². The number of hydrogen-bond donors (Lipinski definition) is 0. The van der Waals surface area contributed by atoms with Gasteiger partial charge in [-0.3, -0.25) is 4.79 Å². The number of rotatable bonds is 1. The number of nitrogens with zero attached hydrogens (tertiary/aromatic N) is 2. The fourth-order valence-corrected chi connectivity index (χ4v) is 6.22. The Morgan fingerprint density at radius 1 is 1.29 bits per heavy atom. The van der Waals surface area contributed by atoms with Crippen LogP contribution in [-0.4, -0.2) is 36.6 Å². The maximum Gasteiger partial charge on any atom is 0.229 e. The van der Waals surface area contributed by atoms with E-state index >= 15 is 0 Å². The maximum absolute atomic E-state index is 13.2. The van der Waals surface area contributed by atoms with Crippen molar-refractivity contribution in [1.82, 2.24) is 4.90 Å². The van der Waals surface area contributed by atoms with Crippen molar-refractivity contribution in [3.05, 3.63) is 0 Å². The maximum atomic E-state index is 13.2. The molecule has 0 aromatic carbocycles. The van der Waals surface area contributed by atoms with Crippen molar-refractivity contribution in [2.75, 3.05) is 19.7 Å². The van der Waals surface area contributed by atoms with Crippen LogP contribution in [0.15, 0.2) is 0 Å². The molecule has 3 unspecified atom stereocenters. The van der Waals surface area contributed by atoms with E-state index in [9.17, 15) is 4.79 Å². The second-order valence-electron chi connectivity index (χ2n) is 8.29. The number of ether oxygens (including phenoxy) is 1. The summed E-state index contributed by atoms with van der Waals surface area (Å²) in [5, 5.41) is 9.05. The lowest BCUT2D eigenvalue weighted by Gasteiger charge is -2.61. The minimum absolute atomic E-state index is 0.115. The first-order chi connectivity index (χ1) is 10.0. The molecule has 0 N–H and O–H groups in total. The normalized spacial score (nSPS) is 48.2. The third-order valence-corrected chi connectivity index (χ3v) is 6.30. The van der Waals surface area contributed by atoms with Gasteiger partial charge in [-0.15, -0.1) is 0 Å². The fourth-order valence-electron chi connectivity index (χ4n) is 6.22. The third-order valence-electron chi connectivity index (χ3n) is 6.30. The van der Waals surface area contributed by atoms with Crippen LogP contribution in [0.25, 0.3) is 0 Å². The molecule has 4 heteroatoms. The topological polar surface area (TPSA) is 53.3 Å². The highest BCUT2D eigenvalue weighted by Crippen LogP contribution is 2.65. The van der Waals surface area contributed by atoms with E-state index < -0.39 is 6.10 Å². The first-order valence-electron chi connectivity index (χ1n) is 8.33. The predicted octanol–water partition coefficient (Wildman–Crippen LogP) is 2.34. The third kappa shape index (κ3) is 2.09. The Morgan fingerprint density at radius 2 is 2.00 bits per heavy atom. The highest BCUT2D eigenvalue weighted by Gasteiger charge is 2.59. The Labute approximate surface area is 126 Å². The first-order valence-corrected chi connectivity index (χ1v) is 8.33. The lowest BCUT2D eigenvalue weighted by Crippen LogP contribution is -2.59. The largest absolute Gasteiger partial charge is 0.360 e. The van der Waals surface area contributed by atoms with Crippen LogP contribution in [0.4, 0.5) is 0 Å².